The Morgan fingerprint density at radius 2 is 1.70 bits per heavy atom. The molecule has 0 radical (unpaired) electrons. The first-order valence-electron chi connectivity index (χ1n) is 6.36. The number of hydrogen-bond donors (Lipinski definition) is 0. The Balaban J connectivity index is 0.000000441. The maximum atomic E-state index is 12.1. The van der Waals surface area contributed by atoms with Crippen molar-refractivity contribution in [1.82, 2.24) is 4.90 Å². The molecule has 1 rings (SSSR count). The van der Waals surface area contributed by atoms with E-state index >= 15 is 0 Å². The van der Waals surface area contributed by atoms with E-state index in [-0.39, 0.29) is 5.69 Å². The van der Waals surface area contributed by atoms with Gasteiger partial charge in [-0.2, -0.15) is 18.2 Å². The molecule has 0 unspecified atom stereocenters. The number of aliphatic imine (C=N–C) groups is 1. The number of carbonyl (C=O) groups excluding carboxylic acids is 1. The predicted molar refractivity (Wildman–Crippen MR) is 72.7 cm³/mol. The Morgan fingerprint density at radius 3 is 2.05 bits per heavy atom. The van der Waals surface area contributed by atoms with E-state index < -0.39 is 11.7 Å². The lowest BCUT2D eigenvalue weighted by atomic mass is 10.2. The topological polar surface area (TPSA) is 32.7 Å². The van der Waals surface area contributed by atoms with Crippen LogP contribution in [0.2, 0.25) is 0 Å². The normalized spacial score (nSPS) is 10.6. The van der Waals surface area contributed by atoms with E-state index in [1.165, 1.54) is 37.8 Å². The summed E-state index contributed by atoms with van der Waals surface area (Å²) in [6, 6.07) is 4.16. The van der Waals surface area contributed by atoms with Crippen molar-refractivity contribution in [3.05, 3.63) is 29.8 Å². The van der Waals surface area contributed by atoms with Crippen LogP contribution < -0.4 is 0 Å². The van der Waals surface area contributed by atoms with Crippen molar-refractivity contribution in [2.24, 2.45) is 4.99 Å². The van der Waals surface area contributed by atoms with Crippen molar-refractivity contribution in [3.63, 3.8) is 0 Å². The molecular weight excluding hydrogens is 269 g/mol. The molecule has 1 aromatic carbocycles. The summed E-state index contributed by atoms with van der Waals surface area (Å²) in [4.78, 5) is 15.2. The predicted octanol–water partition coefficient (Wildman–Crippen LogP) is 4.02. The highest BCUT2D eigenvalue weighted by Gasteiger charge is 2.30. The van der Waals surface area contributed by atoms with Gasteiger partial charge >= 0.3 is 6.18 Å². The van der Waals surface area contributed by atoms with Crippen LogP contribution in [0.15, 0.2) is 29.3 Å². The Morgan fingerprint density at radius 1 is 1.15 bits per heavy atom. The van der Waals surface area contributed by atoms with Crippen LogP contribution in [-0.2, 0) is 11.0 Å². The molecule has 3 nitrogen and oxygen atoms in total. The Bertz CT molecular complexity index is 431. The van der Waals surface area contributed by atoms with Gasteiger partial charge in [-0.05, 0) is 37.8 Å². The molecule has 0 spiro atoms. The fraction of sp³-hybridized carbons (Fsp3) is 0.500. The second kappa shape index (κ2) is 9.28. The van der Waals surface area contributed by atoms with Gasteiger partial charge < -0.3 is 4.90 Å². The average molecular weight is 288 g/mol. The Kier molecular flexibility index (Phi) is 8.52. The van der Waals surface area contributed by atoms with E-state index in [4.69, 9.17) is 0 Å². The quantitative estimate of drug-likeness (QED) is 0.619. The molecule has 0 saturated carbocycles. The minimum absolute atomic E-state index is 0.0511. The van der Waals surface area contributed by atoms with Crippen LogP contribution in [0.4, 0.5) is 18.9 Å². The summed E-state index contributed by atoms with van der Waals surface area (Å²) in [6.07, 6.45) is -3.24. The van der Waals surface area contributed by atoms with Crippen molar-refractivity contribution >= 4 is 11.8 Å². The molecule has 0 fully saturated rings. The smallest absolute Gasteiger partial charge is 0.304 e. The summed E-state index contributed by atoms with van der Waals surface area (Å²) in [6.45, 7) is 10.1. The van der Waals surface area contributed by atoms with Crippen LogP contribution in [0.25, 0.3) is 0 Å². The monoisotopic (exact) mass is 288 g/mol. The summed E-state index contributed by atoms with van der Waals surface area (Å²) < 4.78 is 36.2. The van der Waals surface area contributed by atoms with Crippen molar-refractivity contribution < 1.29 is 18.0 Å². The molecule has 0 aliphatic rings. The molecule has 0 heterocycles. The number of benzene rings is 1. The van der Waals surface area contributed by atoms with Crippen LogP contribution in [0.1, 0.15) is 26.3 Å². The van der Waals surface area contributed by atoms with Gasteiger partial charge in [0.1, 0.15) is 0 Å². The molecule has 0 aliphatic heterocycles. The number of alkyl halides is 3. The standard InChI is InChI=1S/C8H4F3NO.C6H15N/c9-8(10,11)6-2-1-3-7(4-6)12-5-13;1-4-7(5-2)6-3/h1-4H;4-6H2,1-3H3. The fourth-order valence-electron chi connectivity index (χ4n) is 1.48. The maximum Gasteiger partial charge on any atom is 0.416 e. The van der Waals surface area contributed by atoms with Gasteiger partial charge in [-0.3, -0.25) is 0 Å². The molecule has 6 heteroatoms. The van der Waals surface area contributed by atoms with Gasteiger partial charge in [0.05, 0.1) is 11.3 Å². The third-order valence-corrected chi connectivity index (χ3v) is 2.69. The van der Waals surface area contributed by atoms with E-state index in [9.17, 15) is 18.0 Å². The lowest BCUT2D eigenvalue weighted by Crippen LogP contribution is -2.21. The van der Waals surface area contributed by atoms with Gasteiger partial charge in [0, 0.05) is 0 Å². The molecule has 0 saturated heterocycles. The van der Waals surface area contributed by atoms with Gasteiger partial charge in [-0.25, -0.2) is 4.79 Å². The zero-order valence-electron chi connectivity index (χ0n) is 11.9. The summed E-state index contributed by atoms with van der Waals surface area (Å²) in [5, 5.41) is 0. The summed E-state index contributed by atoms with van der Waals surface area (Å²) in [5.41, 5.74) is -0.881. The van der Waals surface area contributed by atoms with Gasteiger partial charge in [0.2, 0.25) is 6.08 Å². The third kappa shape index (κ3) is 7.07. The highest BCUT2D eigenvalue weighted by atomic mass is 19.4. The molecule has 0 amide bonds. The van der Waals surface area contributed by atoms with Gasteiger partial charge in [0.15, 0.2) is 0 Å². The Hall–Kier alpha value is -1.65. The lowest BCUT2D eigenvalue weighted by molar-refractivity contribution is -0.137. The second-order valence-electron chi connectivity index (χ2n) is 3.87. The van der Waals surface area contributed by atoms with Gasteiger partial charge in [-0.1, -0.05) is 26.8 Å². The SMILES string of the molecule is CCN(CC)CC.O=C=Nc1cccc(C(F)(F)F)c1. The highest BCUT2D eigenvalue weighted by molar-refractivity contribution is 5.50. The zero-order chi connectivity index (χ0) is 15.6. The van der Waals surface area contributed by atoms with Crippen molar-refractivity contribution in [2.75, 3.05) is 19.6 Å². The van der Waals surface area contributed by atoms with E-state index in [1.54, 1.807) is 0 Å². The van der Waals surface area contributed by atoms with Crippen LogP contribution in [0.3, 0.4) is 0 Å². The number of halogens is 3. The number of hydrogen-bond acceptors (Lipinski definition) is 3. The first-order chi connectivity index (χ1) is 9.38. The van der Waals surface area contributed by atoms with Gasteiger partial charge in [0.25, 0.3) is 0 Å². The molecule has 0 bridgehead atoms. The molecular formula is C14H19F3N2O. The highest BCUT2D eigenvalue weighted by Crippen LogP contribution is 2.31. The third-order valence-electron chi connectivity index (χ3n) is 2.69. The fourth-order valence-corrected chi connectivity index (χ4v) is 1.48. The van der Waals surface area contributed by atoms with Crippen LogP contribution in [-0.4, -0.2) is 30.6 Å². The molecule has 0 N–H and O–H groups in total. The van der Waals surface area contributed by atoms with Crippen molar-refractivity contribution in [1.29, 1.82) is 0 Å². The first kappa shape index (κ1) is 18.4. The van der Waals surface area contributed by atoms with E-state index in [2.05, 4.69) is 30.7 Å². The largest absolute Gasteiger partial charge is 0.416 e. The summed E-state index contributed by atoms with van der Waals surface area (Å²) in [5.74, 6) is 0. The lowest BCUT2D eigenvalue weighted by Gasteiger charge is -2.13. The van der Waals surface area contributed by atoms with E-state index in [0.717, 1.165) is 12.1 Å². The second-order valence-corrected chi connectivity index (χ2v) is 3.87. The van der Waals surface area contributed by atoms with Crippen LogP contribution in [0.5, 0.6) is 0 Å². The van der Waals surface area contributed by atoms with E-state index in [1.807, 2.05) is 0 Å². The molecule has 1 aromatic rings. The minimum atomic E-state index is -4.41. The van der Waals surface area contributed by atoms with Crippen molar-refractivity contribution in [3.8, 4) is 0 Å². The number of rotatable bonds is 4. The Labute approximate surface area is 117 Å². The molecule has 112 valence electrons. The summed E-state index contributed by atoms with van der Waals surface area (Å²) >= 11 is 0. The molecule has 0 aliphatic carbocycles. The number of nitrogens with zero attached hydrogens (tertiary/aromatic N) is 2. The molecule has 20 heavy (non-hydrogen) atoms. The van der Waals surface area contributed by atoms with Crippen LogP contribution >= 0.6 is 0 Å². The molecule has 0 aromatic heterocycles. The summed E-state index contributed by atoms with van der Waals surface area (Å²) in [7, 11) is 0. The van der Waals surface area contributed by atoms with Crippen molar-refractivity contribution in [2.45, 2.75) is 26.9 Å². The number of isocyanates is 1. The van der Waals surface area contributed by atoms with Gasteiger partial charge in [-0.15, -0.1) is 0 Å². The first-order valence-corrected chi connectivity index (χ1v) is 6.36. The average Bonchev–Trinajstić information content (AvgIpc) is 2.41. The molecule has 0 atom stereocenters. The zero-order valence-corrected chi connectivity index (χ0v) is 11.9. The van der Waals surface area contributed by atoms with E-state index in [0.29, 0.717) is 0 Å². The maximum absolute atomic E-state index is 12.1. The minimum Gasteiger partial charge on any atom is -0.304 e. The van der Waals surface area contributed by atoms with Crippen LogP contribution in [0, 0.1) is 0 Å².